The average Bonchev–Trinajstić information content (AvgIpc) is 2.91. The predicted molar refractivity (Wildman–Crippen MR) is 69.9 cm³/mol. The van der Waals surface area contributed by atoms with E-state index in [-0.39, 0.29) is 0 Å². The van der Waals surface area contributed by atoms with Gasteiger partial charge in [0.05, 0.1) is 19.2 Å². The third kappa shape index (κ3) is 2.51. The van der Waals surface area contributed by atoms with Gasteiger partial charge in [-0.15, -0.1) is 11.3 Å². The summed E-state index contributed by atoms with van der Waals surface area (Å²) < 4.78 is 10.4. The van der Waals surface area contributed by atoms with Gasteiger partial charge in [-0.25, -0.2) is 4.98 Å². The van der Waals surface area contributed by atoms with Gasteiger partial charge in [0.1, 0.15) is 6.29 Å². The number of nitrogens with zero attached hydrogens (tertiary/aromatic N) is 1. The number of methoxy groups -OCH3 is 2. The first kappa shape index (κ1) is 12.6. The summed E-state index contributed by atoms with van der Waals surface area (Å²) in [5, 5.41) is 2.88. The number of carbonyl (C=O) groups excluding carboxylic acids is 1. The molecule has 0 radical (unpaired) electrons. The molecule has 0 bridgehead atoms. The second kappa shape index (κ2) is 5.64. The summed E-state index contributed by atoms with van der Waals surface area (Å²) in [7, 11) is 3.12. The van der Waals surface area contributed by atoms with Crippen LogP contribution in [0, 0.1) is 0 Å². The molecule has 1 aromatic heterocycles. The summed E-state index contributed by atoms with van der Waals surface area (Å²) in [6.45, 7) is 0. The fourth-order valence-electron chi connectivity index (χ4n) is 1.70. The van der Waals surface area contributed by atoms with Gasteiger partial charge >= 0.3 is 0 Å². The van der Waals surface area contributed by atoms with Crippen molar-refractivity contribution in [3.05, 3.63) is 39.8 Å². The zero-order valence-electron chi connectivity index (χ0n) is 10.2. The number of thiazole rings is 1. The highest BCUT2D eigenvalue weighted by Gasteiger charge is 2.12. The molecule has 2 rings (SSSR count). The molecular formula is C13H13NO3S. The largest absolute Gasteiger partial charge is 0.493 e. The maximum atomic E-state index is 11.1. The molecule has 0 amide bonds. The van der Waals surface area contributed by atoms with E-state index in [1.165, 1.54) is 0 Å². The number of hydrogen-bond acceptors (Lipinski definition) is 5. The van der Waals surface area contributed by atoms with Crippen molar-refractivity contribution < 1.29 is 14.3 Å². The molecule has 18 heavy (non-hydrogen) atoms. The van der Waals surface area contributed by atoms with E-state index in [1.54, 1.807) is 37.8 Å². The molecule has 4 nitrogen and oxygen atoms in total. The van der Waals surface area contributed by atoms with Gasteiger partial charge in [-0.1, -0.05) is 0 Å². The van der Waals surface area contributed by atoms with Crippen LogP contribution in [-0.4, -0.2) is 25.5 Å². The van der Waals surface area contributed by atoms with Crippen molar-refractivity contribution in [2.24, 2.45) is 0 Å². The van der Waals surface area contributed by atoms with Crippen molar-refractivity contribution in [1.82, 2.24) is 4.98 Å². The molecule has 0 saturated carbocycles. The van der Waals surface area contributed by atoms with Crippen molar-refractivity contribution in [1.29, 1.82) is 0 Å². The summed E-state index contributed by atoms with van der Waals surface area (Å²) in [4.78, 5) is 15.3. The monoisotopic (exact) mass is 263 g/mol. The van der Waals surface area contributed by atoms with Crippen LogP contribution in [-0.2, 0) is 6.42 Å². The summed E-state index contributed by atoms with van der Waals surface area (Å²) in [6, 6.07) is 3.51. The van der Waals surface area contributed by atoms with Gasteiger partial charge in [-0.3, -0.25) is 4.79 Å². The Labute approximate surface area is 109 Å². The number of hydrogen-bond donors (Lipinski definition) is 0. The quantitative estimate of drug-likeness (QED) is 0.778. The summed E-state index contributed by atoms with van der Waals surface area (Å²) in [5.41, 5.74) is 1.49. The predicted octanol–water partition coefficient (Wildman–Crippen LogP) is 2.56. The van der Waals surface area contributed by atoms with E-state index in [0.29, 0.717) is 23.5 Å². The van der Waals surface area contributed by atoms with Gasteiger partial charge in [-0.05, 0) is 17.7 Å². The Kier molecular flexibility index (Phi) is 3.94. The minimum Gasteiger partial charge on any atom is -0.493 e. The zero-order valence-corrected chi connectivity index (χ0v) is 11.0. The zero-order chi connectivity index (χ0) is 13.0. The van der Waals surface area contributed by atoms with Gasteiger partial charge < -0.3 is 9.47 Å². The minimum absolute atomic E-state index is 0.558. The second-order valence-electron chi connectivity index (χ2n) is 3.63. The molecule has 0 fully saturated rings. The van der Waals surface area contributed by atoms with E-state index in [9.17, 15) is 4.79 Å². The van der Waals surface area contributed by atoms with E-state index in [2.05, 4.69) is 4.98 Å². The van der Waals surface area contributed by atoms with E-state index < -0.39 is 0 Å². The van der Waals surface area contributed by atoms with Crippen molar-refractivity contribution in [3.8, 4) is 11.5 Å². The number of rotatable bonds is 5. The van der Waals surface area contributed by atoms with E-state index in [0.717, 1.165) is 16.9 Å². The molecule has 94 valence electrons. The Morgan fingerprint density at radius 2 is 2.00 bits per heavy atom. The average molecular weight is 263 g/mol. The van der Waals surface area contributed by atoms with Crippen molar-refractivity contribution in [2.45, 2.75) is 6.42 Å². The van der Waals surface area contributed by atoms with Crippen molar-refractivity contribution in [3.63, 3.8) is 0 Å². The lowest BCUT2D eigenvalue weighted by Crippen LogP contribution is -1.98. The van der Waals surface area contributed by atoms with Crippen LogP contribution in [0.5, 0.6) is 11.5 Å². The van der Waals surface area contributed by atoms with Crippen molar-refractivity contribution >= 4 is 17.6 Å². The standard InChI is InChI=1S/C13H13NO3S/c1-16-11-5-9(7-13-14-3-4-18-13)10(8-15)6-12(11)17-2/h3-6,8H,7H2,1-2H3. The van der Waals surface area contributed by atoms with Crippen LogP contribution < -0.4 is 9.47 Å². The van der Waals surface area contributed by atoms with Crippen LogP contribution in [0.4, 0.5) is 0 Å². The second-order valence-corrected chi connectivity index (χ2v) is 4.61. The maximum Gasteiger partial charge on any atom is 0.161 e. The highest BCUT2D eigenvalue weighted by molar-refractivity contribution is 7.09. The Balaban J connectivity index is 2.41. The highest BCUT2D eigenvalue weighted by atomic mass is 32.1. The molecular weight excluding hydrogens is 250 g/mol. The highest BCUT2D eigenvalue weighted by Crippen LogP contribution is 2.31. The molecule has 2 aromatic rings. The molecule has 0 aliphatic heterocycles. The Hall–Kier alpha value is -1.88. The minimum atomic E-state index is 0.558. The Morgan fingerprint density at radius 3 is 2.56 bits per heavy atom. The van der Waals surface area contributed by atoms with Gasteiger partial charge in [0.2, 0.25) is 0 Å². The summed E-state index contributed by atoms with van der Waals surface area (Å²) >= 11 is 1.56. The Morgan fingerprint density at radius 1 is 1.28 bits per heavy atom. The van der Waals surface area contributed by atoms with Crippen LogP contribution in [0.3, 0.4) is 0 Å². The fourth-order valence-corrected chi connectivity index (χ4v) is 2.34. The number of aldehydes is 1. The van der Waals surface area contributed by atoms with E-state index in [4.69, 9.17) is 9.47 Å². The Bertz CT molecular complexity index is 537. The first-order chi connectivity index (χ1) is 8.78. The molecule has 0 aliphatic carbocycles. The van der Waals surface area contributed by atoms with Crippen LogP contribution in [0.25, 0.3) is 0 Å². The third-order valence-electron chi connectivity index (χ3n) is 2.60. The SMILES string of the molecule is COc1cc(C=O)c(Cc2nccs2)cc1OC. The molecule has 0 unspecified atom stereocenters. The van der Waals surface area contributed by atoms with Crippen LogP contribution in [0.15, 0.2) is 23.7 Å². The molecule has 0 atom stereocenters. The van der Waals surface area contributed by atoms with E-state index in [1.807, 2.05) is 11.4 Å². The van der Waals surface area contributed by atoms with Crippen LogP contribution >= 0.6 is 11.3 Å². The van der Waals surface area contributed by atoms with Crippen LogP contribution in [0.2, 0.25) is 0 Å². The lowest BCUT2D eigenvalue weighted by atomic mass is 10.0. The summed E-state index contributed by atoms with van der Waals surface area (Å²) in [6.07, 6.45) is 3.19. The fraction of sp³-hybridized carbons (Fsp3) is 0.231. The number of benzene rings is 1. The number of aromatic nitrogens is 1. The molecule has 1 heterocycles. The number of carbonyl (C=O) groups is 1. The molecule has 0 spiro atoms. The normalized spacial score (nSPS) is 10.1. The first-order valence-electron chi connectivity index (χ1n) is 5.37. The summed E-state index contributed by atoms with van der Waals surface area (Å²) in [5.74, 6) is 1.18. The molecule has 0 saturated heterocycles. The lowest BCUT2D eigenvalue weighted by molar-refractivity contribution is 0.112. The van der Waals surface area contributed by atoms with Gasteiger partial charge in [0.25, 0.3) is 0 Å². The van der Waals surface area contributed by atoms with Crippen LogP contribution in [0.1, 0.15) is 20.9 Å². The van der Waals surface area contributed by atoms with Gasteiger partial charge in [0.15, 0.2) is 11.5 Å². The number of ether oxygens (including phenoxy) is 2. The maximum absolute atomic E-state index is 11.1. The topological polar surface area (TPSA) is 48.4 Å². The molecule has 1 aromatic carbocycles. The van der Waals surface area contributed by atoms with E-state index >= 15 is 0 Å². The van der Waals surface area contributed by atoms with Gasteiger partial charge in [-0.2, -0.15) is 0 Å². The van der Waals surface area contributed by atoms with Crippen molar-refractivity contribution in [2.75, 3.05) is 14.2 Å². The smallest absolute Gasteiger partial charge is 0.161 e. The molecule has 0 aliphatic rings. The molecule has 5 heteroatoms. The first-order valence-corrected chi connectivity index (χ1v) is 6.25. The lowest BCUT2D eigenvalue weighted by Gasteiger charge is -2.11. The molecule has 0 N–H and O–H groups in total. The third-order valence-corrected chi connectivity index (χ3v) is 3.38. The van der Waals surface area contributed by atoms with Gasteiger partial charge in [0, 0.05) is 23.6 Å².